The molecule has 2 aromatic rings. The minimum Gasteiger partial charge on any atom is -0.465 e. The highest BCUT2D eigenvalue weighted by Gasteiger charge is 2.24. The van der Waals surface area contributed by atoms with Gasteiger partial charge in [-0.3, -0.25) is 4.79 Å². The van der Waals surface area contributed by atoms with Crippen LogP contribution in [0.5, 0.6) is 0 Å². The van der Waals surface area contributed by atoms with E-state index in [1.165, 1.54) is 7.11 Å². The van der Waals surface area contributed by atoms with Crippen LogP contribution in [0.15, 0.2) is 42.5 Å². The molecule has 1 aliphatic rings. The monoisotopic (exact) mass is 484 g/mol. The zero-order chi connectivity index (χ0) is 18.7. The van der Waals surface area contributed by atoms with Crippen LogP contribution in [0.2, 0.25) is 5.02 Å². The molecule has 1 fully saturated rings. The van der Waals surface area contributed by atoms with Gasteiger partial charge in [-0.2, -0.15) is 0 Å². The zero-order valence-corrected chi connectivity index (χ0v) is 17.2. The fraction of sp³-hybridized carbons (Fsp3) is 0.263. The molecular formula is C19H18ClIN2O3. The molecule has 1 amide bonds. The highest BCUT2D eigenvalue weighted by Crippen LogP contribution is 2.26. The molecule has 0 unspecified atom stereocenters. The van der Waals surface area contributed by atoms with Crippen LogP contribution >= 0.6 is 34.2 Å². The zero-order valence-electron chi connectivity index (χ0n) is 14.2. The second-order valence-electron chi connectivity index (χ2n) is 5.95. The van der Waals surface area contributed by atoms with Crippen LogP contribution in [0, 0.1) is 3.57 Å². The number of para-hydroxylation sites is 1. The van der Waals surface area contributed by atoms with Crippen LogP contribution in [0.25, 0.3) is 0 Å². The summed E-state index contributed by atoms with van der Waals surface area (Å²) in [6, 6.07) is 12.8. The average Bonchev–Trinajstić information content (AvgIpc) is 2.67. The first-order valence-electron chi connectivity index (χ1n) is 8.17. The van der Waals surface area contributed by atoms with E-state index in [2.05, 4.69) is 27.5 Å². The summed E-state index contributed by atoms with van der Waals surface area (Å²) < 4.78 is 5.58. The van der Waals surface area contributed by atoms with Crippen molar-refractivity contribution >= 4 is 51.8 Å². The normalized spacial score (nSPS) is 14.3. The third-order valence-corrected chi connectivity index (χ3v) is 5.27. The van der Waals surface area contributed by atoms with Gasteiger partial charge in [0.25, 0.3) is 5.91 Å². The van der Waals surface area contributed by atoms with Crippen molar-refractivity contribution in [2.75, 3.05) is 38.2 Å². The molecule has 1 aliphatic heterocycles. The van der Waals surface area contributed by atoms with Crippen LogP contribution in [0.1, 0.15) is 20.7 Å². The number of carbonyl (C=O) groups is 2. The smallest absolute Gasteiger partial charge is 0.337 e. The number of hydrogen-bond donors (Lipinski definition) is 0. The lowest BCUT2D eigenvalue weighted by molar-refractivity contribution is 0.0600. The molecule has 0 aromatic heterocycles. The molecule has 0 bridgehead atoms. The van der Waals surface area contributed by atoms with Crippen molar-refractivity contribution in [2.24, 2.45) is 0 Å². The second kappa shape index (κ2) is 8.26. The number of rotatable bonds is 3. The Bertz CT molecular complexity index is 835. The topological polar surface area (TPSA) is 49.9 Å². The lowest BCUT2D eigenvalue weighted by Crippen LogP contribution is -2.48. The number of halogens is 2. The van der Waals surface area contributed by atoms with E-state index in [0.29, 0.717) is 42.3 Å². The predicted molar refractivity (Wildman–Crippen MR) is 110 cm³/mol. The Morgan fingerprint density at radius 3 is 2.35 bits per heavy atom. The second-order valence-corrected chi connectivity index (χ2v) is 7.60. The third kappa shape index (κ3) is 4.12. The largest absolute Gasteiger partial charge is 0.465 e. The van der Waals surface area contributed by atoms with Gasteiger partial charge in [-0.25, -0.2) is 4.79 Å². The molecule has 7 heteroatoms. The van der Waals surface area contributed by atoms with E-state index < -0.39 is 5.97 Å². The van der Waals surface area contributed by atoms with Crippen LogP contribution in [-0.2, 0) is 4.74 Å². The summed E-state index contributed by atoms with van der Waals surface area (Å²) in [5.41, 5.74) is 1.88. The highest BCUT2D eigenvalue weighted by atomic mass is 127. The van der Waals surface area contributed by atoms with Gasteiger partial charge in [0.15, 0.2) is 0 Å². The number of anilines is 1. The molecule has 0 atom stereocenters. The SMILES string of the molecule is COC(=O)c1cc(I)cc(C(=O)N2CCN(c3ccccc3Cl)CC2)c1. The molecule has 5 nitrogen and oxygen atoms in total. The van der Waals surface area contributed by atoms with Crippen LogP contribution in [-0.4, -0.2) is 50.1 Å². The summed E-state index contributed by atoms with van der Waals surface area (Å²) in [7, 11) is 1.33. The maximum Gasteiger partial charge on any atom is 0.337 e. The lowest BCUT2D eigenvalue weighted by atomic mass is 10.1. The summed E-state index contributed by atoms with van der Waals surface area (Å²) in [6.07, 6.45) is 0. The van der Waals surface area contributed by atoms with Gasteiger partial charge in [-0.05, 0) is 52.9 Å². The fourth-order valence-corrected chi connectivity index (χ4v) is 3.92. The molecule has 0 saturated carbocycles. The molecule has 2 aromatic carbocycles. The maximum absolute atomic E-state index is 12.9. The standard InChI is InChI=1S/C19H18ClIN2O3/c1-26-19(25)14-10-13(11-15(21)12-14)18(24)23-8-6-22(7-9-23)17-5-3-2-4-16(17)20/h2-5,10-12H,6-9H2,1H3. The lowest BCUT2D eigenvalue weighted by Gasteiger charge is -2.36. The molecule has 1 saturated heterocycles. The molecule has 0 radical (unpaired) electrons. The summed E-state index contributed by atoms with van der Waals surface area (Å²) in [5.74, 6) is -0.520. The number of piperazine rings is 1. The first kappa shape index (κ1) is 19.0. The van der Waals surface area contributed by atoms with Crippen molar-refractivity contribution in [1.29, 1.82) is 0 Å². The van der Waals surface area contributed by atoms with Crippen molar-refractivity contribution in [3.63, 3.8) is 0 Å². The molecule has 0 aliphatic carbocycles. The van der Waals surface area contributed by atoms with E-state index in [4.69, 9.17) is 16.3 Å². The van der Waals surface area contributed by atoms with Gasteiger partial charge in [0.2, 0.25) is 0 Å². The Hall–Kier alpha value is -1.80. The van der Waals surface area contributed by atoms with Gasteiger partial charge in [0.05, 0.1) is 23.4 Å². The Morgan fingerprint density at radius 2 is 1.69 bits per heavy atom. The number of nitrogens with zero attached hydrogens (tertiary/aromatic N) is 2. The highest BCUT2D eigenvalue weighted by molar-refractivity contribution is 14.1. The maximum atomic E-state index is 12.9. The number of amides is 1. The average molecular weight is 485 g/mol. The molecule has 26 heavy (non-hydrogen) atoms. The third-order valence-electron chi connectivity index (χ3n) is 4.33. The Labute approximate surface area is 171 Å². The number of benzene rings is 2. The number of hydrogen-bond acceptors (Lipinski definition) is 4. The molecule has 1 heterocycles. The summed E-state index contributed by atoms with van der Waals surface area (Å²) >= 11 is 8.36. The molecule has 0 N–H and O–H groups in total. The minimum atomic E-state index is -0.443. The van der Waals surface area contributed by atoms with Gasteiger partial charge in [-0.1, -0.05) is 23.7 Å². The fourth-order valence-electron chi connectivity index (χ4n) is 2.99. The van der Waals surface area contributed by atoms with Crippen LogP contribution < -0.4 is 4.90 Å². The Kier molecular flexibility index (Phi) is 6.03. The van der Waals surface area contributed by atoms with Crippen molar-refractivity contribution in [2.45, 2.75) is 0 Å². The first-order chi connectivity index (χ1) is 12.5. The minimum absolute atomic E-state index is 0.0764. The van der Waals surface area contributed by atoms with E-state index in [9.17, 15) is 9.59 Å². The van der Waals surface area contributed by atoms with Crippen molar-refractivity contribution in [3.05, 3.63) is 62.2 Å². The van der Waals surface area contributed by atoms with Gasteiger partial charge in [0, 0.05) is 35.3 Å². The van der Waals surface area contributed by atoms with Gasteiger partial charge in [-0.15, -0.1) is 0 Å². The quantitative estimate of drug-likeness (QED) is 0.493. The van der Waals surface area contributed by atoms with Gasteiger partial charge in [0.1, 0.15) is 0 Å². The van der Waals surface area contributed by atoms with E-state index in [0.717, 1.165) is 9.26 Å². The van der Waals surface area contributed by atoms with Gasteiger partial charge >= 0.3 is 5.97 Å². The molecular weight excluding hydrogens is 467 g/mol. The van der Waals surface area contributed by atoms with Crippen LogP contribution in [0.3, 0.4) is 0 Å². The summed E-state index contributed by atoms with van der Waals surface area (Å²) in [6.45, 7) is 2.62. The number of esters is 1. The van der Waals surface area contributed by atoms with E-state index in [1.807, 2.05) is 24.3 Å². The number of ether oxygens (including phenoxy) is 1. The van der Waals surface area contributed by atoms with Crippen molar-refractivity contribution in [1.82, 2.24) is 4.90 Å². The molecule has 0 spiro atoms. The number of carbonyl (C=O) groups excluding carboxylic acids is 2. The molecule has 136 valence electrons. The van der Waals surface area contributed by atoms with Crippen molar-refractivity contribution in [3.8, 4) is 0 Å². The van der Waals surface area contributed by atoms with E-state index in [1.54, 1.807) is 23.1 Å². The van der Waals surface area contributed by atoms with Crippen molar-refractivity contribution < 1.29 is 14.3 Å². The Balaban J connectivity index is 1.72. The summed E-state index contributed by atoms with van der Waals surface area (Å²) in [4.78, 5) is 28.6. The number of methoxy groups -OCH3 is 1. The Morgan fingerprint density at radius 1 is 1.04 bits per heavy atom. The summed E-state index contributed by atoms with van der Waals surface area (Å²) in [5, 5.41) is 0.715. The first-order valence-corrected chi connectivity index (χ1v) is 9.63. The van der Waals surface area contributed by atoms with E-state index >= 15 is 0 Å². The predicted octanol–water partition coefficient (Wildman–Crippen LogP) is 3.69. The van der Waals surface area contributed by atoms with E-state index in [-0.39, 0.29) is 5.91 Å². The van der Waals surface area contributed by atoms with Gasteiger partial charge < -0.3 is 14.5 Å². The van der Waals surface area contributed by atoms with Crippen LogP contribution in [0.4, 0.5) is 5.69 Å². The molecule has 3 rings (SSSR count).